The van der Waals surface area contributed by atoms with Gasteiger partial charge in [0, 0.05) is 39.2 Å². The van der Waals surface area contributed by atoms with Gasteiger partial charge in [-0.1, -0.05) is 35.5 Å². The molecule has 2 rings (SSSR count). The molecule has 1 aromatic carbocycles. The fourth-order valence-electron chi connectivity index (χ4n) is 2.77. The van der Waals surface area contributed by atoms with E-state index in [4.69, 9.17) is 9.26 Å². The Kier molecular flexibility index (Phi) is 7.01. The SMILES string of the molecule is CCN(CC)c1onc(-c2ccccc2)c1CN(CCOC)C(C)=O. The van der Waals surface area contributed by atoms with Gasteiger partial charge in [-0.2, -0.15) is 0 Å². The van der Waals surface area contributed by atoms with Gasteiger partial charge in [-0.15, -0.1) is 0 Å². The smallest absolute Gasteiger partial charge is 0.232 e. The second kappa shape index (κ2) is 9.22. The molecule has 1 amide bonds. The van der Waals surface area contributed by atoms with Crippen molar-refractivity contribution in [3.05, 3.63) is 35.9 Å². The molecular weight excluding hydrogens is 318 g/mol. The van der Waals surface area contributed by atoms with E-state index >= 15 is 0 Å². The zero-order valence-electron chi connectivity index (χ0n) is 15.5. The average molecular weight is 345 g/mol. The molecule has 1 aromatic heterocycles. The Morgan fingerprint density at radius 1 is 1.20 bits per heavy atom. The number of aromatic nitrogens is 1. The van der Waals surface area contributed by atoms with Crippen LogP contribution < -0.4 is 4.90 Å². The van der Waals surface area contributed by atoms with Gasteiger partial charge in [0.15, 0.2) is 0 Å². The van der Waals surface area contributed by atoms with Gasteiger partial charge >= 0.3 is 0 Å². The normalized spacial score (nSPS) is 10.7. The fourth-order valence-corrected chi connectivity index (χ4v) is 2.77. The molecule has 0 unspecified atom stereocenters. The van der Waals surface area contributed by atoms with E-state index in [1.165, 1.54) is 0 Å². The molecule has 0 N–H and O–H groups in total. The van der Waals surface area contributed by atoms with Crippen molar-refractivity contribution in [1.29, 1.82) is 0 Å². The molecule has 6 nitrogen and oxygen atoms in total. The molecule has 136 valence electrons. The monoisotopic (exact) mass is 345 g/mol. The lowest BCUT2D eigenvalue weighted by molar-refractivity contribution is -0.130. The third kappa shape index (κ3) is 4.60. The van der Waals surface area contributed by atoms with Crippen molar-refractivity contribution in [2.24, 2.45) is 0 Å². The van der Waals surface area contributed by atoms with E-state index in [-0.39, 0.29) is 5.91 Å². The van der Waals surface area contributed by atoms with Crippen LogP contribution in [-0.2, 0) is 16.1 Å². The number of rotatable bonds is 9. The molecule has 0 spiro atoms. The number of carbonyl (C=O) groups excluding carboxylic acids is 1. The van der Waals surface area contributed by atoms with Crippen LogP contribution in [0.5, 0.6) is 0 Å². The van der Waals surface area contributed by atoms with Crippen molar-refractivity contribution < 1.29 is 14.1 Å². The molecule has 0 aliphatic carbocycles. The topological polar surface area (TPSA) is 58.8 Å². The van der Waals surface area contributed by atoms with Crippen LogP contribution in [0, 0.1) is 0 Å². The number of carbonyl (C=O) groups is 1. The fraction of sp³-hybridized carbons (Fsp3) is 0.474. The Morgan fingerprint density at radius 2 is 1.88 bits per heavy atom. The summed E-state index contributed by atoms with van der Waals surface area (Å²) < 4.78 is 10.8. The number of hydrogen-bond acceptors (Lipinski definition) is 5. The Hall–Kier alpha value is -2.34. The minimum atomic E-state index is 0.00255. The minimum Gasteiger partial charge on any atom is -0.383 e. The van der Waals surface area contributed by atoms with E-state index < -0.39 is 0 Å². The van der Waals surface area contributed by atoms with E-state index in [0.717, 1.165) is 35.8 Å². The highest BCUT2D eigenvalue weighted by atomic mass is 16.5. The average Bonchev–Trinajstić information content (AvgIpc) is 3.03. The highest BCUT2D eigenvalue weighted by molar-refractivity contribution is 5.75. The van der Waals surface area contributed by atoms with Gasteiger partial charge in [0.05, 0.1) is 18.7 Å². The lowest BCUT2D eigenvalue weighted by Crippen LogP contribution is -2.32. The number of amides is 1. The summed E-state index contributed by atoms with van der Waals surface area (Å²) in [7, 11) is 1.63. The Balaban J connectivity index is 2.43. The molecule has 0 bridgehead atoms. The van der Waals surface area contributed by atoms with Crippen LogP contribution in [0.2, 0.25) is 0 Å². The number of methoxy groups -OCH3 is 1. The summed E-state index contributed by atoms with van der Waals surface area (Å²) in [6.07, 6.45) is 0. The number of benzene rings is 1. The van der Waals surface area contributed by atoms with Crippen LogP contribution >= 0.6 is 0 Å². The van der Waals surface area contributed by atoms with Crippen molar-refractivity contribution in [3.63, 3.8) is 0 Å². The molecule has 0 aliphatic heterocycles. The Morgan fingerprint density at radius 3 is 2.44 bits per heavy atom. The molecule has 0 atom stereocenters. The lowest BCUT2D eigenvalue weighted by atomic mass is 10.1. The molecule has 1 heterocycles. The number of ether oxygens (including phenoxy) is 1. The molecule has 2 aromatic rings. The van der Waals surface area contributed by atoms with Crippen molar-refractivity contribution in [2.45, 2.75) is 27.3 Å². The van der Waals surface area contributed by atoms with Crippen LogP contribution in [-0.4, -0.2) is 49.3 Å². The second-order valence-electron chi connectivity index (χ2n) is 5.79. The quantitative estimate of drug-likeness (QED) is 0.698. The van der Waals surface area contributed by atoms with Crippen LogP contribution in [0.15, 0.2) is 34.9 Å². The van der Waals surface area contributed by atoms with Crippen molar-refractivity contribution >= 4 is 11.8 Å². The van der Waals surface area contributed by atoms with Crippen molar-refractivity contribution in [2.75, 3.05) is 38.3 Å². The maximum atomic E-state index is 12.0. The summed E-state index contributed by atoms with van der Waals surface area (Å²) in [5.74, 6) is 0.732. The first-order chi connectivity index (χ1) is 12.1. The highest BCUT2D eigenvalue weighted by Crippen LogP contribution is 2.32. The van der Waals surface area contributed by atoms with Gasteiger partial charge in [-0.05, 0) is 13.8 Å². The van der Waals surface area contributed by atoms with E-state index in [9.17, 15) is 4.79 Å². The largest absolute Gasteiger partial charge is 0.383 e. The minimum absolute atomic E-state index is 0.00255. The van der Waals surface area contributed by atoms with E-state index in [1.807, 2.05) is 30.3 Å². The predicted octanol–water partition coefficient (Wildman–Crippen LogP) is 3.18. The summed E-state index contributed by atoms with van der Waals surface area (Å²) in [5.41, 5.74) is 2.70. The van der Waals surface area contributed by atoms with E-state index in [1.54, 1.807) is 18.9 Å². The molecule has 25 heavy (non-hydrogen) atoms. The van der Waals surface area contributed by atoms with E-state index in [2.05, 4.69) is 23.9 Å². The van der Waals surface area contributed by atoms with Gasteiger partial charge in [-0.25, -0.2) is 0 Å². The third-order valence-electron chi connectivity index (χ3n) is 4.22. The van der Waals surface area contributed by atoms with Crippen LogP contribution in [0.4, 0.5) is 5.88 Å². The molecule has 0 radical (unpaired) electrons. The zero-order valence-corrected chi connectivity index (χ0v) is 15.5. The highest BCUT2D eigenvalue weighted by Gasteiger charge is 2.24. The number of anilines is 1. The summed E-state index contributed by atoms with van der Waals surface area (Å²) in [6, 6.07) is 9.91. The maximum Gasteiger partial charge on any atom is 0.232 e. The molecular formula is C19H27N3O3. The van der Waals surface area contributed by atoms with Crippen molar-refractivity contribution in [1.82, 2.24) is 10.1 Å². The van der Waals surface area contributed by atoms with Crippen molar-refractivity contribution in [3.8, 4) is 11.3 Å². The molecule has 0 saturated heterocycles. The summed E-state index contributed by atoms with van der Waals surface area (Å²) in [4.78, 5) is 15.9. The molecule has 0 aliphatic rings. The van der Waals surface area contributed by atoms with Gasteiger partial charge in [-0.3, -0.25) is 4.79 Å². The van der Waals surface area contributed by atoms with Crippen LogP contribution in [0.3, 0.4) is 0 Å². The second-order valence-corrected chi connectivity index (χ2v) is 5.79. The molecule has 0 saturated carbocycles. The maximum absolute atomic E-state index is 12.0. The molecule has 6 heteroatoms. The van der Waals surface area contributed by atoms with Gasteiger partial charge < -0.3 is 19.1 Å². The number of nitrogens with zero attached hydrogens (tertiary/aromatic N) is 3. The summed E-state index contributed by atoms with van der Waals surface area (Å²) >= 11 is 0. The van der Waals surface area contributed by atoms with Gasteiger partial charge in [0.1, 0.15) is 5.69 Å². The number of hydrogen-bond donors (Lipinski definition) is 0. The lowest BCUT2D eigenvalue weighted by Gasteiger charge is -2.23. The first-order valence-electron chi connectivity index (χ1n) is 8.65. The van der Waals surface area contributed by atoms with Gasteiger partial charge in [0.2, 0.25) is 11.8 Å². The van der Waals surface area contributed by atoms with Crippen LogP contribution in [0.1, 0.15) is 26.3 Å². The van der Waals surface area contributed by atoms with E-state index in [0.29, 0.717) is 19.7 Å². The van der Waals surface area contributed by atoms with Crippen LogP contribution in [0.25, 0.3) is 11.3 Å². The zero-order chi connectivity index (χ0) is 18.2. The predicted molar refractivity (Wildman–Crippen MR) is 98.5 cm³/mol. The summed E-state index contributed by atoms with van der Waals surface area (Å²) in [6.45, 7) is 8.81. The first kappa shape index (κ1) is 19.0. The first-order valence-corrected chi connectivity index (χ1v) is 8.65. The third-order valence-corrected chi connectivity index (χ3v) is 4.22. The summed E-state index contributed by atoms with van der Waals surface area (Å²) in [5, 5.41) is 4.31. The molecule has 0 fully saturated rings. The van der Waals surface area contributed by atoms with Gasteiger partial charge in [0.25, 0.3) is 0 Å². The Labute approximate surface area is 149 Å². The Bertz CT molecular complexity index is 666. The standard InChI is InChI=1S/C19H27N3O3/c1-5-21(6-2)19-17(14-22(15(3)23)12-13-24-4)18(20-25-19)16-10-8-7-9-11-16/h7-11H,5-6,12-14H2,1-4H3.